The van der Waals surface area contributed by atoms with Crippen molar-refractivity contribution in [3.8, 4) is 6.07 Å². The maximum atomic E-state index is 12.5. The summed E-state index contributed by atoms with van der Waals surface area (Å²) in [5, 5.41) is 11.3. The van der Waals surface area contributed by atoms with Crippen molar-refractivity contribution < 1.29 is 19.1 Å². The molecular weight excluding hydrogens is 358 g/mol. The van der Waals surface area contributed by atoms with Crippen LogP contribution in [0.3, 0.4) is 0 Å². The smallest absolute Gasteiger partial charge is 0.326 e. The summed E-state index contributed by atoms with van der Waals surface area (Å²) in [5.74, 6) is 1.29. The Morgan fingerprint density at radius 3 is 2.29 bits per heavy atom. The normalized spacial score (nSPS) is 31.0. The van der Waals surface area contributed by atoms with Crippen LogP contribution in [0.5, 0.6) is 0 Å². The Labute approximate surface area is 166 Å². The molecule has 4 aliphatic carbocycles. The maximum Gasteiger partial charge on any atom is 0.326 e. The first-order valence-electron chi connectivity index (χ1n) is 10.4. The van der Waals surface area contributed by atoms with Crippen LogP contribution in [0, 0.1) is 34.5 Å². The standard InChI is InChI=1S/C21H31N3O4/c1-14(20(27)24(2)5-3-4-22)28-19(26)13-23-18(25)12-21-9-15-6-16(10-21)8-17(7-15)11-21/h14-17H,3,5-13H2,1-2H3,(H,23,25)/t14-,15?,16?,17?,21?/m1/s1. The fourth-order valence-electron chi connectivity index (χ4n) is 6.01. The van der Waals surface area contributed by atoms with Gasteiger partial charge in [0.2, 0.25) is 5.91 Å². The summed E-state index contributed by atoms with van der Waals surface area (Å²) < 4.78 is 5.13. The summed E-state index contributed by atoms with van der Waals surface area (Å²) in [7, 11) is 1.57. The largest absolute Gasteiger partial charge is 0.451 e. The third-order valence-corrected chi connectivity index (χ3v) is 6.72. The summed E-state index contributed by atoms with van der Waals surface area (Å²) in [6.45, 7) is 1.57. The lowest BCUT2D eigenvalue weighted by atomic mass is 9.49. The summed E-state index contributed by atoms with van der Waals surface area (Å²) in [6.07, 6.45) is 7.24. The van der Waals surface area contributed by atoms with Crippen molar-refractivity contribution >= 4 is 17.8 Å². The van der Waals surface area contributed by atoms with Gasteiger partial charge in [-0.15, -0.1) is 0 Å². The van der Waals surface area contributed by atoms with Gasteiger partial charge in [0, 0.05) is 20.0 Å². The van der Waals surface area contributed by atoms with Crippen LogP contribution in [0.25, 0.3) is 0 Å². The lowest BCUT2D eigenvalue weighted by Crippen LogP contribution is -2.48. The van der Waals surface area contributed by atoms with Crippen LogP contribution >= 0.6 is 0 Å². The van der Waals surface area contributed by atoms with E-state index in [9.17, 15) is 14.4 Å². The van der Waals surface area contributed by atoms with E-state index in [2.05, 4.69) is 5.32 Å². The second-order valence-electron chi connectivity index (χ2n) is 9.17. The molecule has 0 radical (unpaired) electrons. The van der Waals surface area contributed by atoms with Crippen LogP contribution in [-0.4, -0.2) is 48.9 Å². The van der Waals surface area contributed by atoms with Crippen LogP contribution in [0.1, 0.15) is 58.3 Å². The Morgan fingerprint density at radius 2 is 1.75 bits per heavy atom. The zero-order chi connectivity index (χ0) is 20.3. The van der Waals surface area contributed by atoms with Gasteiger partial charge in [0.15, 0.2) is 6.10 Å². The molecule has 28 heavy (non-hydrogen) atoms. The average molecular weight is 389 g/mol. The number of ether oxygens (including phenoxy) is 1. The molecule has 4 saturated carbocycles. The molecule has 4 bridgehead atoms. The van der Waals surface area contributed by atoms with Gasteiger partial charge in [-0.25, -0.2) is 0 Å². The predicted octanol–water partition coefficient (Wildman–Crippen LogP) is 2.01. The van der Waals surface area contributed by atoms with Gasteiger partial charge >= 0.3 is 5.97 Å². The van der Waals surface area contributed by atoms with Crippen molar-refractivity contribution in [2.75, 3.05) is 20.1 Å². The van der Waals surface area contributed by atoms with E-state index < -0.39 is 12.1 Å². The summed E-state index contributed by atoms with van der Waals surface area (Å²) in [4.78, 5) is 37.9. The predicted molar refractivity (Wildman–Crippen MR) is 102 cm³/mol. The second kappa shape index (κ2) is 8.50. The minimum absolute atomic E-state index is 0.0935. The van der Waals surface area contributed by atoms with E-state index in [1.165, 1.54) is 31.1 Å². The van der Waals surface area contributed by atoms with Crippen molar-refractivity contribution in [2.45, 2.75) is 64.4 Å². The van der Waals surface area contributed by atoms with E-state index in [0.717, 1.165) is 37.0 Å². The monoisotopic (exact) mass is 389 g/mol. The topological polar surface area (TPSA) is 99.5 Å². The summed E-state index contributed by atoms with van der Waals surface area (Å²) in [5.41, 5.74) is 0.134. The van der Waals surface area contributed by atoms with E-state index in [0.29, 0.717) is 13.0 Å². The molecule has 1 N–H and O–H groups in total. The second-order valence-corrected chi connectivity index (χ2v) is 9.17. The zero-order valence-corrected chi connectivity index (χ0v) is 16.9. The highest BCUT2D eigenvalue weighted by atomic mass is 16.5. The van der Waals surface area contributed by atoms with Crippen molar-refractivity contribution in [1.29, 1.82) is 5.26 Å². The van der Waals surface area contributed by atoms with Gasteiger partial charge in [-0.2, -0.15) is 5.26 Å². The number of carbonyl (C=O) groups excluding carboxylic acids is 3. The first-order valence-corrected chi connectivity index (χ1v) is 10.4. The molecule has 2 amide bonds. The number of rotatable bonds is 8. The molecule has 1 atom stereocenters. The Morgan fingerprint density at radius 1 is 1.18 bits per heavy atom. The summed E-state index contributed by atoms with van der Waals surface area (Å²) in [6, 6.07) is 1.97. The van der Waals surface area contributed by atoms with Gasteiger partial charge in [-0.3, -0.25) is 14.4 Å². The van der Waals surface area contributed by atoms with Gasteiger partial charge in [-0.1, -0.05) is 0 Å². The van der Waals surface area contributed by atoms with E-state index in [-0.39, 0.29) is 30.2 Å². The lowest BCUT2D eigenvalue weighted by Gasteiger charge is -2.56. The van der Waals surface area contributed by atoms with E-state index >= 15 is 0 Å². The minimum atomic E-state index is -0.934. The highest BCUT2D eigenvalue weighted by Gasteiger charge is 2.51. The number of nitrogens with one attached hydrogen (secondary N) is 1. The number of carbonyl (C=O) groups is 3. The van der Waals surface area contributed by atoms with Crippen LogP contribution < -0.4 is 5.32 Å². The van der Waals surface area contributed by atoms with Crippen molar-refractivity contribution in [1.82, 2.24) is 10.2 Å². The molecular formula is C21H31N3O4. The molecule has 0 aromatic rings. The van der Waals surface area contributed by atoms with Crippen molar-refractivity contribution in [3.05, 3.63) is 0 Å². The Hall–Kier alpha value is -2.10. The molecule has 0 saturated heterocycles. The number of amides is 2. The Bertz CT molecular complexity index is 634. The molecule has 4 aliphatic rings. The molecule has 7 heteroatoms. The highest BCUT2D eigenvalue weighted by molar-refractivity contribution is 5.86. The molecule has 0 aromatic carbocycles. The number of hydrogen-bond donors (Lipinski definition) is 1. The van der Waals surface area contributed by atoms with Crippen LogP contribution in [-0.2, 0) is 19.1 Å². The van der Waals surface area contributed by atoms with Crippen molar-refractivity contribution in [2.24, 2.45) is 23.2 Å². The zero-order valence-electron chi connectivity index (χ0n) is 16.9. The number of nitrogens with zero attached hydrogens (tertiary/aromatic N) is 2. The van der Waals surface area contributed by atoms with Crippen LogP contribution in [0.2, 0.25) is 0 Å². The van der Waals surface area contributed by atoms with Crippen LogP contribution in [0.15, 0.2) is 0 Å². The summed E-state index contributed by atoms with van der Waals surface area (Å²) >= 11 is 0. The molecule has 0 aromatic heterocycles. The van der Waals surface area contributed by atoms with Crippen molar-refractivity contribution in [3.63, 3.8) is 0 Å². The van der Waals surface area contributed by atoms with Gasteiger partial charge in [-0.05, 0) is 68.6 Å². The highest BCUT2D eigenvalue weighted by Crippen LogP contribution is 2.61. The first-order chi connectivity index (χ1) is 13.3. The SMILES string of the molecule is C[C@@H](OC(=O)CNC(=O)CC12CC3CC(CC(C3)C1)C2)C(=O)N(C)CCC#N. The fraction of sp³-hybridized carbons (Fsp3) is 0.810. The van der Waals surface area contributed by atoms with Gasteiger partial charge in [0.05, 0.1) is 12.5 Å². The van der Waals surface area contributed by atoms with Crippen LogP contribution in [0.4, 0.5) is 0 Å². The third kappa shape index (κ3) is 4.84. The Kier molecular flexibility index (Phi) is 6.26. The maximum absolute atomic E-state index is 12.5. The average Bonchev–Trinajstić information content (AvgIpc) is 2.62. The van der Waals surface area contributed by atoms with Gasteiger partial charge in [0.1, 0.15) is 6.54 Å². The third-order valence-electron chi connectivity index (χ3n) is 6.72. The van der Waals surface area contributed by atoms with Gasteiger partial charge < -0.3 is 15.0 Å². The number of hydrogen-bond acceptors (Lipinski definition) is 5. The Balaban J connectivity index is 1.40. The molecule has 0 unspecified atom stereocenters. The molecule has 0 spiro atoms. The van der Waals surface area contributed by atoms with E-state index in [1.54, 1.807) is 7.05 Å². The minimum Gasteiger partial charge on any atom is -0.451 e. The number of esters is 1. The fourth-order valence-corrected chi connectivity index (χ4v) is 6.01. The van der Waals surface area contributed by atoms with E-state index in [4.69, 9.17) is 10.00 Å². The van der Waals surface area contributed by atoms with E-state index in [1.807, 2.05) is 6.07 Å². The molecule has 7 nitrogen and oxygen atoms in total. The number of likely N-dealkylation sites (N-methyl/N-ethyl adjacent to an activating group) is 1. The molecule has 4 fully saturated rings. The molecule has 154 valence electrons. The number of nitriles is 1. The molecule has 0 aliphatic heterocycles. The molecule has 0 heterocycles. The van der Waals surface area contributed by atoms with Gasteiger partial charge in [0.25, 0.3) is 5.91 Å². The quantitative estimate of drug-likeness (QED) is 0.640. The molecule has 4 rings (SSSR count). The first kappa shape index (κ1) is 20.6. The lowest BCUT2D eigenvalue weighted by molar-refractivity contribution is -0.158.